The van der Waals surface area contributed by atoms with E-state index < -0.39 is 23.1 Å². The standard InChI is InChI=1S/C17H15Cl2N3O3S/c1-17(2,16(20)25)7-22-9-6-8(18)14(19)21-12(9)11(15(22)24)13(23)10-4-3-5-26-10/h3-6,11H,7H2,1-2H3,(H2,20,25). The van der Waals surface area contributed by atoms with Crippen LogP contribution in [0.4, 0.5) is 5.69 Å². The van der Waals surface area contributed by atoms with Crippen molar-refractivity contribution in [2.45, 2.75) is 19.8 Å². The van der Waals surface area contributed by atoms with Crippen molar-refractivity contribution >= 4 is 57.8 Å². The van der Waals surface area contributed by atoms with E-state index >= 15 is 0 Å². The van der Waals surface area contributed by atoms with Gasteiger partial charge in [-0.3, -0.25) is 14.4 Å². The van der Waals surface area contributed by atoms with Gasteiger partial charge in [-0.1, -0.05) is 29.3 Å². The minimum absolute atomic E-state index is 0.00201. The Kier molecular flexibility index (Phi) is 4.81. The normalized spacial score (nSPS) is 16.7. The zero-order valence-electron chi connectivity index (χ0n) is 14.0. The largest absolute Gasteiger partial charge is 0.369 e. The molecule has 0 saturated carbocycles. The molecule has 1 unspecified atom stereocenters. The third-order valence-corrected chi connectivity index (χ3v) is 5.82. The van der Waals surface area contributed by atoms with Crippen LogP contribution in [0, 0.1) is 5.41 Å². The van der Waals surface area contributed by atoms with Gasteiger partial charge in [-0.05, 0) is 31.4 Å². The number of halogens is 2. The molecule has 0 spiro atoms. The number of nitrogens with zero attached hydrogens (tertiary/aromatic N) is 2. The number of ketones is 1. The number of aromatic nitrogens is 1. The van der Waals surface area contributed by atoms with Gasteiger partial charge in [0.2, 0.25) is 11.8 Å². The maximum Gasteiger partial charge on any atom is 0.244 e. The number of carbonyl (C=O) groups is 3. The summed E-state index contributed by atoms with van der Waals surface area (Å²) in [6.07, 6.45) is 0. The number of rotatable bonds is 5. The average molecular weight is 412 g/mol. The molecule has 0 fully saturated rings. The summed E-state index contributed by atoms with van der Waals surface area (Å²) >= 11 is 13.3. The predicted molar refractivity (Wildman–Crippen MR) is 101 cm³/mol. The van der Waals surface area contributed by atoms with Gasteiger partial charge in [0.05, 0.1) is 26.7 Å². The predicted octanol–water partition coefficient (Wildman–Crippen LogP) is 3.27. The molecule has 26 heavy (non-hydrogen) atoms. The van der Waals surface area contributed by atoms with E-state index in [2.05, 4.69) is 4.98 Å². The molecule has 1 atom stereocenters. The van der Waals surface area contributed by atoms with Crippen molar-refractivity contribution in [3.8, 4) is 0 Å². The molecule has 2 aromatic heterocycles. The molecule has 0 saturated heterocycles. The molecule has 0 aromatic carbocycles. The maximum absolute atomic E-state index is 13.1. The highest BCUT2D eigenvalue weighted by atomic mass is 35.5. The van der Waals surface area contributed by atoms with Gasteiger partial charge in [0, 0.05) is 6.54 Å². The van der Waals surface area contributed by atoms with Crippen molar-refractivity contribution in [3.63, 3.8) is 0 Å². The van der Waals surface area contributed by atoms with Gasteiger partial charge in [-0.2, -0.15) is 0 Å². The first-order chi connectivity index (χ1) is 12.1. The monoisotopic (exact) mass is 411 g/mol. The number of pyridine rings is 1. The van der Waals surface area contributed by atoms with Crippen LogP contribution in [0.3, 0.4) is 0 Å². The lowest BCUT2D eigenvalue weighted by atomic mass is 9.92. The van der Waals surface area contributed by atoms with Crippen LogP contribution in [0.5, 0.6) is 0 Å². The van der Waals surface area contributed by atoms with Crippen LogP contribution < -0.4 is 10.6 Å². The molecule has 2 amide bonds. The Hall–Kier alpha value is -1.96. The van der Waals surface area contributed by atoms with Gasteiger partial charge in [0.25, 0.3) is 0 Å². The molecule has 1 aliphatic heterocycles. The summed E-state index contributed by atoms with van der Waals surface area (Å²) in [5, 5.41) is 1.92. The van der Waals surface area contributed by atoms with Crippen LogP contribution in [0.25, 0.3) is 0 Å². The zero-order valence-corrected chi connectivity index (χ0v) is 16.3. The van der Waals surface area contributed by atoms with Crippen LogP contribution in [-0.4, -0.2) is 29.1 Å². The summed E-state index contributed by atoms with van der Waals surface area (Å²) in [6.45, 7) is 3.26. The quantitative estimate of drug-likeness (QED) is 0.463. The van der Waals surface area contributed by atoms with E-state index in [1.165, 1.54) is 22.3 Å². The molecule has 2 aromatic rings. The van der Waals surface area contributed by atoms with Crippen molar-refractivity contribution < 1.29 is 14.4 Å². The molecule has 3 heterocycles. The van der Waals surface area contributed by atoms with E-state index in [-0.39, 0.29) is 28.2 Å². The van der Waals surface area contributed by atoms with E-state index in [0.29, 0.717) is 10.6 Å². The summed E-state index contributed by atoms with van der Waals surface area (Å²) in [4.78, 5) is 43.6. The smallest absolute Gasteiger partial charge is 0.244 e. The zero-order chi connectivity index (χ0) is 19.2. The minimum atomic E-state index is -1.12. The first-order valence-corrected chi connectivity index (χ1v) is 9.32. The third-order valence-electron chi connectivity index (χ3n) is 4.27. The number of hydrogen-bond donors (Lipinski definition) is 1. The van der Waals surface area contributed by atoms with Crippen molar-refractivity contribution in [2.75, 3.05) is 11.4 Å². The molecule has 1 aliphatic rings. The molecule has 9 heteroatoms. The first-order valence-electron chi connectivity index (χ1n) is 7.68. The van der Waals surface area contributed by atoms with Gasteiger partial charge in [-0.25, -0.2) is 4.98 Å². The molecule has 6 nitrogen and oxygen atoms in total. The average Bonchev–Trinajstić information content (AvgIpc) is 3.17. The second-order valence-electron chi connectivity index (χ2n) is 6.61. The topological polar surface area (TPSA) is 93.4 Å². The fraction of sp³-hybridized carbons (Fsp3) is 0.294. The highest BCUT2D eigenvalue weighted by Gasteiger charge is 2.46. The number of fused-ring (bicyclic) bond motifs is 1. The lowest BCUT2D eigenvalue weighted by molar-refractivity contribution is -0.126. The van der Waals surface area contributed by atoms with Gasteiger partial charge >= 0.3 is 0 Å². The van der Waals surface area contributed by atoms with Gasteiger partial charge in [0.15, 0.2) is 5.78 Å². The van der Waals surface area contributed by atoms with Gasteiger partial charge in [-0.15, -0.1) is 11.3 Å². The highest BCUT2D eigenvalue weighted by molar-refractivity contribution is 7.12. The Labute approximate surface area is 163 Å². The molecule has 136 valence electrons. The first kappa shape index (κ1) is 18.8. The molecule has 0 aliphatic carbocycles. The number of thiophene rings is 1. The number of carbonyl (C=O) groups excluding carboxylic acids is 3. The summed E-state index contributed by atoms with van der Waals surface area (Å²) < 4.78 is 0. The fourth-order valence-corrected chi connectivity index (χ4v) is 3.71. The van der Waals surface area contributed by atoms with E-state index in [1.807, 2.05) is 0 Å². The molecular weight excluding hydrogens is 397 g/mol. The van der Waals surface area contributed by atoms with Crippen molar-refractivity contribution in [2.24, 2.45) is 11.1 Å². The molecule has 0 bridgehead atoms. The highest BCUT2D eigenvalue weighted by Crippen LogP contribution is 2.42. The SMILES string of the molecule is CC(C)(CN1C(=O)C(C(=O)c2cccs2)c2nc(Cl)c(Cl)cc21)C(N)=O. The Morgan fingerprint density at radius 1 is 1.38 bits per heavy atom. The minimum Gasteiger partial charge on any atom is -0.369 e. The van der Waals surface area contributed by atoms with Gasteiger partial charge in [0.1, 0.15) is 11.1 Å². The number of hydrogen-bond acceptors (Lipinski definition) is 5. The Bertz CT molecular complexity index is 912. The second kappa shape index (κ2) is 6.64. The molecular formula is C17H15Cl2N3O3S. The van der Waals surface area contributed by atoms with E-state index in [0.717, 1.165) is 0 Å². The molecule has 2 N–H and O–H groups in total. The van der Waals surface area contributed by atoms with Crippen LogP contribution in [-0.2, 0) is 9.59 Å². The lowest BCUT2D eigenvalue weighted by Crippen LogP contribution is -2.44. The summed E-state index contributed by atoms with van der Waals surface area (Å²) in [6, 6.07) is 4.87. The summed E-state index contributed by atoms with van der Waals surface area (Å²) in [5.74, 6) is -2.52. The van der Waals surface area contributed by atoms with E-state index in [9.17, 15) is 14.4 Å². The number of nitrogens with two attached hydrogens (primary N) is 1. The third kappa shape index (κ3) is 3.11. The van der Waals surface area contributed by atoms with Crippen LogP contribution >= 0.6 is 34.5 Å². The number of anilines is 1. The number of amides is 2. The van der Waals surface area contributed by atoms with Crippen LogP contribution in [0.2, 0.25) is 10.2 Å². The van der Waals surface area contributed by atoms with Gasteiger partial charge < -0.3 is 10.6 Å². The Morgan fingerprint density at radius 3 is 2.65 bits per heavy atom. The van der Waals surface area contributed by atoms with Crippen molar-refractivity contribution in [1.82, 2.24) is 4.98 Å². The molecule has 3 rings (SSSR count). The summed E-state index contributed by atoms with van der Waals surface area (Å²) in [5.41, 5.74) is 5.04. The van der Waals surface area contributed by atoms with E-state index in [1.54, 1.807) is 31.4 Å². The molecule has 0 radical (unpaired) electrons. The Morgan fingerprint density at radius 2 is 2.08 bits per heavy atom. The second-order valence-corrected chi connectivity index (χ2v) is 8.33. The number of Topliss-reactive ketones (excluding diaryl/α,β-unsaturated/α-hetero) is 1. The number of primary amides is 1. The fourth-order valence-electron chi connectivity index (χ4n) is 2.72. The summed E-state index contributed by atoms with van der Waals surface area (Å²) in [7, 11) is 0. The van der Waals surface area contributed by atoms with Crippen LogP contribution in [0.15, 0.2) is 23.6 Å². The lowest BCUT2D eigenvalue weighted by Gasteiger charge is -2.28. The van der Waals surface area contributed by atoms with Crippen molar-refractivity contribution in [1.29, 1.82) is 0 Å². The maximum atomic E-state index is 13.1. The van der Waals surface area contributed by atoms with Crippen molar-refractivity contribution in [3.05, 3.63) is 44.3 Å². The van der Waals surface area contributed by atoms with E-state index in [4.69, 9.17) is 28.9 Å². The Balaban J connectivity index is 2.10. The van der Waals surface area contributed by atoms with Crippen LogP contribution in [0.1, 0.15) is 35.1 Å².